The summed E-state index contributed by atoms with van der Waals surface area (Å²) in [7, 11) is 0. The highest BCUT2D eigenvalue weighted by molar-refractivity contribution is 5.98. The van der Waals surface area contributed by atoms with Gasteiger partial charge in [-0.15, -0.1) is 0 Å². The molecule has 0 spiro atoms. The molecule has 1 heterocycles. The van der Waals surface area contributed by atoms with E-state index in [4.69, 9.17) is 10.9 Å². The minimum atomic E-state index is -0.175. The Hall–Kier alpha value is -2.11. The summed E-state index contributed by atoms with van der Waals surface area (Å²) in [6.07, 6.45) is 5.66. The molecule has 6 heteroatoms. The molecule has 0 bridgehead atoms. The van der Waals surface area contributed by atoms with Crippen LogP contribution in [0.15, 0.2) is 23.5 Å². The van der Waals surface area contributed by atoms with Crippen LogP contribution in [0.5, 0.6) is 0 Å². The molecule has 6 nitrogen and oxygen atoms in total. The highest BCUT2D eigenvalue weighted by Crippen LogP contribution is 2.34. The molecule has 0 radical (unpaired) electrons. The molecule has 1 aliphatic rings. The van der Waals surface area contributed by atoms with Crippen molar-refractivity contribution >= 4 is 11.7 Å². The number of nitrogens with zero attached hydrogens (tertiary/aromatic N) is 2. The second-order valence-corrected chi connectivity index (χ2v) is 6.33. The first-order chi connectivity index (χ1) is 9.91. The number of rotatable bonds is 3. The molecule has 114 valence electrons. The van der Waals surface area contributed by atoms with Crippen molar-refractivity contribution in [2.75, 3.05) is 0 Å². The average Bonchev–Trinajstić information content (AvgIpc) is 2.48. The van der Waals surface area contributed by atoms with E-state index in [2.05, 4.69) is 29.3 Å². The number of amidine groups is 1. The Morgan fingerprint density at radius 3 is 2.62 bits per heavy atom. The summed E-state index contributed by atoms with van der Waals surface area (Å²) in [6, 6.07) is 3.41. The maximum atomic E-state index is 12.1. The van der Waals surface area contributed by atoms with Gasteiger partial charge in [-0.2, -0.15) is 0 Å². The molecule has 4 N–H and O–H groups in total. The van der Waals surface area contributed by atoms with Gasteiger partial charge in [0.2, 0.25) is 0 Å². The van der Waals surface area contributed by atoms with E-state index >= 15 is 0 Å². The number of hydrogen-bond donors (Lipinski definition) is 3. The summed E-state index contributed by atoms with van der Waals surface area (Å²) < 4.78 is 0. The Balaban J connectivity index is 1.95. The highest BCUT2D eigenvalue weighted by atomic mass is 16.4. The second-order valence-electron chi connectivity index (χ2n) is 6.33. The molecule has 1 fully saturated rings. The topological polar surface area (TPSA) is 101 Å². The molecule has 0 aromatic carbocycles. The van der Waals surface area contributed by atoms with Crippen LogP contribution < -0.4 is 11.1 Å². The third-order valence-electron chi connectivity index (χ3n) is 4.07. The minimum Gasteiger partial charge on any atom is -0.409 e. The Kier molecular flexibility index (Phi) is 4.45. The molecule has 1 aromatic heterocycles. The Bertz CT molecular complexity index is 527. The van der Waals surface area contributed by atoms with Crippen LogP contribution in [-0.4, -0.2) is 28.0 Å². The summed E-state index contributed by atoms with van der Waals surface area (Å²) in [6.45, 7) is 4.52. The quantitative estimate of drug-likeness (QED) is 0.342. The van der Waals surface area contributed by atoms with Gasteiger partial charge in [0, 0.05) is 17.8 Å². The monoisotopic (exact) mass is 290 g/mol. The predicted octanol–water partition coefficient (Wildman–Crippen LogP) is 1.87. The lowest BCUT2D eigenvalue weighted by atomic mass is 9.75. The van der Waals surface area contributed by atoms with Crippen molar-refractivity contribution in [3.63, 3.8) is 0 Å². The molecular weight excluding hydrogens is 268 g/mol. The zero-order valence-electron chi connectivity index (χ0n) is 12.5. The number of nitrogens with one attached hydrogen (secondary N) is 1. The van der Waals surface area contributed by atoms with Crippen molar-refractivity contribution < 1.29 is 10.0 Å². The molecule has 0 atom stereocenters. The SMILES string of the molecule is CC1(C)CCC(NC(=O)c2ccc(C(N)=NO)cn2)CC1. The van der Waals surface area contributed by atoms with Crippen LogP contribution in [0.4, 0.5) is 0 Å². The van der Waals surface area contributed by atoms with Crippen molar-refractivity contribution in [3.05, 3.63) is 29.6 Å². The molecule has 0 saturated heterocycles. The summed E-state index contributed by atoms with van der Waals surface area (Å²) >= 11 is 0. The van der Waals surface area contributed by atoms with E-state index in [9.17, 15) is 4.79 Å². The number of pyridine rings is 1. The van der Waals surface area contributed by atoms with Gasteiger partial charge in [-0.3, -0.25) is 9.78 Å². The molecule has 1 saturated carbocycles. The van der Waals surface area contributed by atoms with E-state index < -0.39 is 0 Å². The lowest BCUT2D eigenvalue weighted by Crippen LogP contribution is -2.39. The first kappa shape index (κ1) is 15.3. The number of oxime groups is 1. The Labute approximate surface area is 124 Å². The van der Waals surface area contributed by atoms with Crippen molar-refractivity contribution in [2.45, 2.75) is 45.6 Å². The number of amides is 1. The van der Waals surface area contributed by atoms with Gasteiger partial charge in [0.25, 0.3) is 5.91 Å². The van der Waals surface area contributed by atoms with E-state index in [0.29, 0.717) is 16.7 Å². The van der Waals surface area contributed by atoms with Crippen molar-refractivity contribution in [2.24, 2.45) is 16.3 Å². The van der Waals surface area contributed by atoms with Gasteiger partial charge >= 0.3 is 0 Å². The van der Waals surface area contributed by atoms with Crippen molar-refractivity contribution in [1.82, 2.24) is 10.3 Å². The van der Waals surface area contributed by atoms with E-state index in [1.54, 1.807) is 12.1 Å². The number of nitrogens with two attached hydrogens (primary N) is 1. The average molecular weight is 290 g/mol. The van der Waals surface area contributed by atoms with Gasteiger partial charge in [-0.1, -0.05) is 19.0 Å². The smallest absolute Gasteiger partial charge is 0.270 e. The first-order valence-electron chi connectivity index (χ1n) is 7.16. The molecule has 0 unspecified atom stereocenters. The largest absolute Gasteiger partial charge is 0.409 e. The van der Waals surface area contributed by atoms with Crippen LogP contribution in [0, 0.1) is 5.41 Å². The standard InChI is InChI=1S/C15H22N4O2/c1-15(2)7-5-11(6-8-15)18-14(20)12-4-3-10(9-17-12)13(16)19-21/h3-4,9,11,21H,5-8H2,1-2H3,(H2,16,19)(H,18,20). The number of carbonyl (C=O) groups is 1. The van der Waals surface area contributed by atoms with Crippen molar-refractivity contribution in [3.8, 4) is 0 Å². The van der Waals surface area contributed by atoms with Gasteiger partial charge in [0.05, 0.1) is 0 Å². The van der Waals surface area contributed by atoms with Gasteiger partial charge < -0.3 is 16.3 Å². The fraction of sp³-hybridized carbons (Fsp3) is 0.533. The van der Waals surface area contributed by atoms with Gasteiger partial charge in [0.1, 0.15) is 5.69 Å². The normalized spacial score (nSPS) is 19.2. The third kappa shape index (κ3) is 3.93. The van der Waals surface area contributed by atoms with E-state index in [0.717, 1.165) is 25.7 Å². The van der Waals surface area contributed by atoms with Crippen LogP contribution in [-0.2, 0) is 0 Å². The Morgan fingerprint density at radius 2 is 2.10 bits per heavy atom. The van der Waals surface area contributed by atoms with Crippen molar-refractivity contribution in [1.29, 1.82) is 0 Å². The zero-order chi connectivity index (χ0) is 15.5. The molecule has 21 heavy (non-hydrogen) atoms. The molecule has 1 aliphatic carbocycles. The van der Waals surface area contributed by atoms with Crippen LogP contribution in [0.25, 0.3) is 0 Å². The molecule has 2 rings (SSSR count). The highest BCUT2D eigenvalue weighted by Gasteiger charge is 2.27. The molecule has 1 amide bonds. The van der Waals surface area contributed by atoms with Gasteiger partial charge in [-0.25, -0.2) is 0 Å². The van der Waals surface area contributed by atoms with Crippen LogP contribution in [0.3, 0.4) is 0 Å². The first-order valence-corrected chi connectivity index (χ1v) is 7.16. The lowest BCUT2D eigenvalue weighted by molar-refractivity contribution is 0.0904. The molecule has 1 aromatic rings. The second kappa shape index (κ2) is 6.11. The van der Waals surface area contributed by atoms with Crippen LogP contribution in [0.1, 0.15) is 55.6 Å². The van der Waals surface area contributed by atoms with E-state index in [-0.39, 0.29) is 17.8 Å². The lowest BCUT2D eigenvalue weighted by Gasteiger charge is -2.34. The fourth-order valence-electron chi connectivity index (χ4n) is 2.54. The predicted molar refractivity (Wildman–Crippen MR) is 80.3 cm³/mol. The minimum absolute atomic E-state index is 0.0241. The summed E-state index contributed by atoms with van der Waals surface area (Å²) in [5.41, 5.74) is 6.65. The van der Waals surface area contributed by atoms with E-state index in [1.807, 2.05) is 0 Å². The maximum Gasteiger partial charge on any atom is 0.270 e. The van der Waals surface area contributed by atoms with E-state index in [1.165, 1.54) is 6.20 Å². The number of carbonyl (C=O) groups excluding carboxylic acids is 1. The summed E-state index contributed by atoms with van der Waals surface area (Å²) in [4.78, 5) is 16.2. The summed E-state index contributed by atoms with van der Waals surface area (Å²) in [5, 5.41) is 14.5. The molecule has 0 aliphatic heterocycles. The molecular formula is C15H22N4O2. The number of aromatic nitrogens is 1. The number of hydrogen-bond acceptors (Lipinski definition) is 4. The van der Waals surface area contributed by atoms with Gasteiger partial charge in [-0.05, 0) is 43.2 Å². The fourth-order valence-corrected chi connectivity index (χ4v) is 2.54. The third-order valence-corrected chi connectivity index (χ3v) is 4.07. The Morgan fingerprint density at radius 1 is 1.43 bits per heavy atom. The summed E-state index contributed by atoms with van der Waals surface area (Å²) in [5.74, 6) is -0.199. The maximum absolute atomic E-state index is 12.1. The van der Waals surface area contributed by atoms with Gasteiger partial charge in [0.15, 0.2) is 5.84 Å². The zero-order valence-corrected chi connectivity index (χ0v) is 12.5. The van der Waals surface area contributed by atoms with Crippen LogP contribution >= 0.6 is 0 Å². The van der Waals surface area contributed by atoms with Crippen LogP contribution in [0.2, 0.25) is 0 Å².